The SMILES string of the molecule is COC(=O)COC(=O)c1cc(C)c(F)cc1Cl. The van der Waals surface area contributed by atoms with E-state index in [0.29, 0.717) is 0 Å². The normalized spacial score (nSPS) is 9.88. The van der Waals surface area contributed by atoms with E-state index in [2.05, 4.69) is 9.47 Å². The van der Waals surface area contributed by atoms with Gasteiger partial charge in [0, 0.05) is 0 Å². The van der Waals surface area contributed by atoms with Crippen LogP contribution in [0.5, 0.6) is 0 Å². The van der Waals surface area contributed by atoms with Gasteiger partial charge in [-0.1, -0.05) is 11.6 Å². The summed E-state index contributed by atoms with van der Waals surface area (Å²) in [7, 11) is 1.17. The molecule has 4 nitrogen and oxygen atoms in total. The minimum absolute atomic E-state index is 0.00877. The van der Waals surface area contributed by atoms with Crippen LogP contribution < -0.4 is 0 Å². The van der Waals surface area contributed by atoms with Gasteiger partial charge in [0.2, 0.25) is 0 Å². The fourth-order valence-electron chi connectivity index (χ4n) is 1.07. The number of methoxy groups -OCH3 is 1. The fourth-order valence-corrected chi connectivity index (χ4v) is 1.30. The van der Waals surface area contributed by atoms with Crippen molar-refractivity contribution in [1.82, 2.24) is 0 Å². The average Bonchev–Trinajstić information content (AvgIpc) is 2.30. The molecule has 0 aliphatic rings. The highest BCUT2D eigenvalue weighted by atomic mass is 35.5. The van der Waals surface area contributed by atoms with E-state index in [1.54, 1.807) is 0 Å². The topological polar surface area (TPSA) is 52.6 Å². The summed E-state index contributed by atoms with van der Waals surface area (Å²) in [5, 5.41) is -0.0667. The Hall–Kier alpha value is -1.62. The largest absolute Gasteiger partial charge is 0.466 e. The number of halogens is 2. The van der Waals surface area contributed by atoms with Crippen LogP contribution in [-0.2, 0) is 14.3 Å². The predicted molar refractivity (Wildman–Crippen MR) is 58.4 cm³/mol. The number of carbonyl (C=O) groups is 2. The van der Waals surface area contributed by atoms with E-state index in [4.69, 9.17) is 11.6 Å². The first-order valence-electron chi connectivity index (χ1n) is 4.65. The van der Waals surface area contributed by atoms with Crippen LogP contribution in [0, 0.1) is 12.7 Å². The summed E-state index contributed by atoms with van der Waals surface area (Å²) in [6.45, 7) is 0.977. The highest BCUT2D eigenvalue weighted by Gasteiger charge is 2.16. The second kappa shape index (κ2) is 5.63. The number of carbonyl (C=O) groups excluding carboxylic acids is 2. The Bertz CT molecular complexity index is 459. The lowest BCUT2D eigenvalue weighted by Gasteiger charge is -2.06. The molecule has 0 bridgehead atoms. The molecule has 0 saturated carbocycles. The van der Waals surface area contributed by atoms with Gasteiger partial charge in [0.25, 0.3) is 0 Å². The molecule has 0 aliphatic heterocycles. The first-order chi connectivity index (χ1) is 7.95. The van der Waals surface area contributed by atoms with Gasteiger partial charge >= 0.3 is 11.9 Å². The van der Waals surface area contributed by atoms with Crippen molar-refractivity contribution in [1.29, 1.82) is 0 Å². The maximum absolute atomic E-state index is 13.1. The molecule has 0 aromatic heterocycles. The zero-order valence-corrected chi connectivity index (χ0v) is 10.0. The molecule has 0 amide bonds. The highest BCUT2D eigenvalue weighted by molar-refractivity contribution is 6.33. The van der Waals surface area contributed by atoms with Crippen molar-refractivity contribution in [3.05, 3.63) is 34.1 Å². The van der Waals surface area contributed by atoms with E-state index in [-0.39, 0.29) is 16.1 Å². The van der Waals surface area contributed by atoms with E-state index in [9.17, 15) is 14.0 Å². The summed E-state index contributed by atoms with van der Waals surface area (Å²) in [4.78, 5) is 22.3. The third-order valence-corrected chi connectivity index (χ3v) is 2.33. The van der Waals surface area contributed by atoms with Crippen LogP contribution in [0.3, 0.4) is 0 Å². The molecule has 1 aromatic carbocycles. The smallest absolute Gasteiger partial charge is 0.344 e. The molecule has 0 aliphatic carbocycles. The molecular formula is C11H10ClFO4. The Morgan fingerprint density at radius 1 is 1.41 bits per heavy atom. The third kappa shape index (κ3) is 3.42. The van der Waals surface area contributed by atoms with Crippen molar-refractivity contribution in [2.24, 2.45) is 0 Å². The van der Waals surface area contributed by atoms with Gasteiger partial charge in [-0.05, 0) is 24.6 Å². The number of rotatable bonds is 3. The first-order valence-corrected chi connectivity index (χ1v) is 5.03. The Morgan fingerprint density at radius 2 is 2.06 bits per heavy atom. The molecule has 0 saturated heterocycles. The fraction of sp³-hybridized carbons (Fsp3) is 0.273. The quantitative estimate of drug-likeness (QED) is 0.781. The summed E-state index contributed by atoms with van der Waals surface area (Å²) < 4.78 is 22.0. The Morgan fingerprint density at radius 3 is 2.65 bits per heavy atom. The molecular weight excluding hydrogens is 251 g/mol. The second-order valence-electron chi connectivity index (χ2n) is 3.23. The molecule has 1 aromatic rings. The Labute approximate surface area is 102 Å². The van der Waals surface area contributed by atoms with Crippen LogP contribution >= 0.6 is 11.6 Å². The average molecular weight is 261 g/mol. The Kier molecular flexibility index (Phi) is 4.45. The number of hydrogen-bond donors (Lipinski definition) is 0. The zero-order valence-electron chi connectivity index (χ0n) is 9.25. The van der Waals surface area contributed by atoms with Gasteiger partial charge in [0.15, 0.2) is 6.61 Å². The molecule has 0 fully saturated rings. The predicted octanol–water partition coefficient (Wildman–Crippen LogP) is 2.12. The molecule has 0 atom stereocenters. The van der Waals surface area contributed by atoms with E-state index in [0.717, 1.165) is 6.07 Å². The van der Waals surface area contributed by atoms with Crippen LogP contribution in [0.15, 0.2) is 12.1 Å². The summed E-state index contributed by atoms with van der Waals surface area (Å²) in [6.07, 6.45) is 0. The maximum atomic E-state index is 13.1. The van der Waals surface area contributed by atoms with Crippen LogP contribution in [0.2, 0.25) is 5.02 Å². The van der Waals surface area contributed by atoms with E-state index < -0.39 is 24.4 Å². The van der Waals surface area contributed by atoms with Gasteiger partial charge in [0.05, 0.1) is 17.7 Å². The summed E-state index contributed by atoms with van der Waals surface area (Å²) in [5.41, 5.74) is 0.272. The lowest BCUT2D eigenvalue weighted by Crippen LogP contribution is -2.15. The van der Waals surface area contributed by atoms with Gasteiger partial charge in [-0.25, -0.2) is 14.0 Å². The van der Waals surface area contributed by atoms with Crippen molar-refractivity contribution >= 4 is 23.5 Å². The highest BCUT2D eigenvalue weighted by Crippen LogP contribution is 2.21. The summed E-state index contributed by atoms with van der Waals surface area (Å²) >= 11 is 5.69. The molecule has 17 heavy (non-hydrogen) atoms. The summed E-state index contributed by atoms with van der Waals surface area (Å²) in [5.74, 6) is -2.00. The van der Waals surface area contributed by atoms with Gasteiger partial charge < -0.3 is 9.47 Å². The molecule has 1 rings (SSSR count). The van der Waals surface area contributed by atoms with Crippen molar-refractivity contribution in [2.75, 3.05) is 13.7 Å². The van der Waals surface area contributed by atoms with Crippen molar-refractivity contribution in [2.45, 2.75) is 6.92 Å². The number of ether oxygens (including phenoxy) is 2. The molecule has 6 heteroatoms. The van der Waals surface area contributed by atoms with Gasteiger partial charge in [-0.3, -0.25) is 0 Å². The number of hydrogen-bond acceptors (Lipinski definition) is 4. The lowest BCUT2D eigenvalue weighted by molar-refractivity contribution is -0.144. The van der Waals surface area contributed by atoms with Gasteiger partial charge in [-0.15, -0.1) is 0 Å². The molecule has 0 radical (unpaired) electrons. The zero-order chi connectivity index (χ0) is 13.0. The molecule has 0 N–H and O–H groups in total. The van der Waals surface area contributed by atoms with Crippen LogP contribution in [-0.4, -0.2) is 25.7 Å². The lowest BCUT2D eigenvalue weighted by atomic mass is 10.1. The van der Waals surface area contributed by atoms with Crippen LogP contribution in [0.4, 0.5) is 4.39 Å². The van der Waals surface area contributed by atoms with Crippen molar-refractivity contribution < 1.29 is 23.5 Å². The maximum Gasteiger partial charge on any atom is 0.344 e. The van der Waals surface area contributed by atoms with Gasteiger partial charge in [-0.2, -0.15) is 0 Å². The number of aryl methyl sites for hydroxylation is 1. The number of benzene rings is 1. The molecule has 0 unspecified atom stereocenters. The minimum Gasteiger partial charge on any atom is -0.466 e. The standard InChI is InChI=1S/C11H10ClFO4/c1-6-3-7(8(12)4-9(6)13)11(15)17-5-10(14)16-2/h3-4H,5H2,1-2H3. The Balaban J connectivity index is 2.82. The van der Waals surface area contributed by atoms with E-state index in [1.165, 1.54) is 20.1 Å². The third-order valence-electron chi connectivity index (χ3n) is 2.02. The van der Waals surface area contributed by atoms with Crippen molar-refractivity contribution in [3.63, 3.8) is 0 Å². The first kappa shape index (κ1) is 13.4. The minimum atomic E-state index is -0.802. The number of esters is 2. The van der Waals surface area contributed by atoms with Crippen LogP contribution in [0.1, 0.15) is 15.9 Å². The second-order valence-corrected chi connectivity index (χ2v) is 3.64. The van der Waals surface area contributed by atoms with Crippen molar-refractivity contribution in [3.8, 4) is 0 Å². The van der Waals surface area contributed by atoms with Gasteiger partial charge in [0.1, 0.15) is 5.82 Å². The van der Waals surface area contributed by atoms with Crippen LogP contribution in [0.25, 0.3) is 0 Å². The molecule has 92 valence electrons. The molecule has 0 heterocycles. The summed E-state index contributed by atoms with van der Waals surface area (Å²) in [6, 6.07) is 2.28. The molecule has 0 spiro atoms. The monoisotopic (exact) mass is 260 g/mol. The van der Waals surface area contributed by atoms with E-state index >= 15 is 0 Å². The van der Waals surface area contributed by atoms with E-state index in [1.807, 2.05) is 0 Å².